The van der Waals surface area contributed by atoms with E-state index < -0.39 is 0 Å². The van der Waals surface area contributed by atoms with Crippen molar-refractivity contribution in [2.75, 3.05) is 19.4 Å². The van der Waals surface area contributed by atoms with Crippen molar-refractivity contribution in [2.24, 2.45) is 0 Å². The number of benzene rings is 2. The van der Waals surface area contributed by atoms with Gasteiger partial charge in [-0.1, -0.05) is 23.7 Å². The number of hydrogen-bond acceptors (Lipinski definition) is 6. The second-order valence-electron chi connectivity index (χ2n) is 7.23. The van der Waals surface area contributed by atoms with Gasteiger partial charge in [0.05, 0.1) is 25.0 Å². The number of carbonyl (C=O) groups excluding carboxylic acids is 2. The van der Waals surface area contributed by atoms with Crippen molar-refractivity contribution in [2.45, 2.75) is 17.4 Å². The summed E-state index contributed by atoms with van der Waals surface area (Å²) in [6.45, 7) is 0.406. The first-order valence-electron chi connectivity index (χ1n) is 10.0. The van der Waals surface area contributed by atoms with Crippen LogP contribution in [-0.4, -0.2) is 42.4 Å². The topological polar surface area (TPSA) is 77.5 Å². The van der Waals surface area contributed by atoms with Crippen molar-refractivity contribution in [1.82, 2.24) is 10.3 Å². The molecule has 0 aliphatic carbocycles. The van der Waals surface area contributed by atoms with E-state index in [9.17, 15) is 9.59 Å². The van der Waals surface area contributed by atoms with Crippen LogP contribution in [0.25, 0.3) is 11.1 Å². The number of amides is 1. The Bertz CT molecular complexity index is 1120. The largest absolute Gasteiger partial charge is 0.487 e. The number of rotatable bonds is 7. The second-order valence-corrected chi connectivity index (χ2v) is 8.72. The minimum Gasteiger partial charge on any atom is -0.487 e. The lowest BCUT2D eigenvalue weighted by Crippen LogP contribution is -2.35. The van der Waals surface area contributed by atoms with E-state index in [2.05, 4.69) is 10.3 Å². The first kappa shape index (κ1) is 22.2. The molecule has 0 saturated carbocycles. The predicted molar refractivity (Wildman–Crippen MR) is 124 cm³/mol. The smallest absolute Gasteiger partial charge is 0.337 e. The summed E-state index contributed by atoms with van der Waals surface area (Å²) >= 11 is 7.81. The summed E-state index contributed by atoms with van der Waals surface area (Å²) in [5.74, 6) is 0.642. The predicted octanol–water partition coefficient (Wildman–Crippen LogP) is 4.40. The molecule has 6 nitrogen and oxygen atoms in total. The maximum absolute atomic E-state index is 12.2. The van der Waals surface area contributed by atoms with Crippen molar-refractivity contribution in [3.8, 4) is 16.9 Å². The Kier molecular flexibility index (Phi) is 6.97. The molecule has 8 heteroatoms. The van der Waals surface area contributed by atoms with Gasteiger partial charge in [0.25, 0.3) is 0 Å². The molecule has 3 aromatic rings. The van der Waals surface area contributed by atoms with Gasteiger partial charge in [0.2, 0.25) is 5.91 Å². The van der Waals surface area contributed by atoms with E-state index in [1.807, 2.05) is 36.4 Å². The quantitative estimate of drug-likeness (QED) is 0.409. The molecule has 1 aliphatic rings. The van der Waals surface area contributed by atoms with Crippen LogP contribution in [-0.2, 0) is 16.0 Å². The average Bonchev–Trinajstić information content (AvgIpc) is 3.24. The number of nitrogens with one attached hydrogen (secondary N) is 1. The Morgan fingerprint density at radius 2 is 1.94 bits per heavy atom. The molecule has 1 amide bonds. The van der Waals surface area contributed by atoms with E-state index in [0.29, 0.717) is 29.3 Å². The Hall–Kier alpha value is -3.03. The molecule has 1 N–H and O–H groups in total. The fourth-order valence-corrected chi connectivity index (χ4v) is 4.44. The van der Waals surface area contributed by atoms with E-state index in [4.69, 9.17) is 21.1 Å². The molecule has 2 aromatic carbocycles. The van der Waals surface area contributed by atoms with Gasteiger partial charge in [0, 0.05) is 39.9 Å². The van der Waals surface area contributed by atoms with Crippen LogP contribution in [0.15, 0.2) is 65.8 Å². The normalized spacial score (nSPS) is 14.4. The van der Waals surface area contributed by atoms with Gasteiger partial charge in [-0.25, -0.2) is 4.79 Å². The Balaban J connectivity index is 1.40. The van der Waals surface area contributed by atoms with Crippen molar-refractivity contribution >= 4 is 35.2 Å². The highest BCUT2D eigenvalue weighted by molar-refractivity contribution is 8.00. The van der Waals surface area contributed by atoms with Crippen molar-refractivity contribution in [1.29, 1.82) is 0 Å². The van der Waals surface area contributed by atoms with E-state index >= 15 is 0 Å². The van der Waals surface area contributed by atoms with Crippen LogP contribution in [0.3, 0.4) is 0 Å². The molecule has 0 fully saturated rings. The molecule has 2 heterocycles. The molecule has 0 spiro atoms. The van der Waals surface area contributed by atoms with Gasteiger partial charge in [-0.05, 0) is 42.0 Å². The van der Waals surface area contributed by atoms with E-state index in [1.54, 1.807) is 24.5 Å². The standard InChI is InChI=1S/C24H21ClN2O4S/c1-30-24(29)16-4-2-15(3-5-16)21-12-18(25)10-17-11-19(31-23(17)21)13-27-22(28)14-32-20-6-8-26-9-7-20/h2-10,12,19H,11,13-14H2,1H3,(H,27,28)/t19-/m1/s1. The maximum Gasteiger partial charge on any atom is 0.337 e. The molecular weight excluding hydrogens is 448 g/mol. The van der Waals surface area contributed by atoms with Crippen LogP contribution in [0.1, 0.15) is 15.9 Å². The lowest BCUT2D eigenvalue weighted by molar-refractivity contribution is -0.118. The maximum atomic E-state index is 12.2. The highest BCUT2D eigenvalue weighted by Crippen LogP contribution is 2.41. The third-order valence-corrected chi connectivity index (χ3v) is 6.26. The third-order valence-electron chi connectivity index (χ3n) is 5.03. The lowest BCUT2D eigenvalue weighted by atomic mass is 9.99. The number of pyridine rings is 1. The van der Waals surface area contributed by atoms with Gasteiger partial charge in [-0.15, -0.1) is 11.8 Å². The van der Waals surface area contributed by atoms with Crippen LogP contribution in [0.2, 0.25) is 5.02 Å². The molecule has 0 saturated heterocycles. The van der Waals surface area contributed by atoms with Crippen LogP contribution in [0.5, 0.6) is 5.75 Å². The second kappa shape index (κ2) is 10.1. The van der Waals surface area contributed by atoms with Crippen LogP contribution >= 0.6 is 23.4 Å². The van der Waals surface area contributed by atoms with Crippen LogP contribution in [0, 0.1) is 0 Å². The minimum absolute atomic E-state index is 0.0528. The zero-order chi connectivity index (χ0) is 22.5. The first-order valence-corrected chi connectivity index (χ1v) is 11.4. The molecule has 1 aliphatic heterocycles. The highest BCUT2D eigenvalue weighted by Gasteiger charge is 2.27. The Morgan fingerprint density at radius 1 is 1.19 bits per heavy atom. The molecule has 164 valence electrons. The summed E-state index contributed by atoms with van der Waals surface area (Å²) in [5.41, 5.74) is 3.21. The Labute approximate surface area is 195 Å². The number of fused-ring (bicyclic) bond motifs is 1. The molecule has 0 radical (unpaired) electrons. The number of esters is 1. The monoisotopic (exact) mass is 468 g/mol. The van der Waals surface area contributed by atoms with Gasteiger partial charge < -0.3 is 14.8 Å². The SMILES string of the molecule is COC(=O)c1ccc(-c2cc(Cl)cc3c2O[C@@H](CNC(=O)CSc2ccncc2)C3)cc1. The van der Waals surface area contributed by atoms with Gasteiger partial charge in [-0.2, -0.15) is 0 Å². The fraction of sp³-hybridized carbons (Fsp3) is 0.208. The number of ether oxygens (including phenoxy) is 2. The van der Waals surface area contributed by atoms with Crippen LogP contribution < -0.4 is 10.1 Å². The van der Waals surface area contributed by atoms with Gasteiger partial charge >= 0.3 is 5.97 Å². The van der Waals surface area contributed by atoms with E-state index in [1.165, 1.54) is 18.9 Å². The van der Waals surface area contributed by atoms with Gasteiger partial charge in [0.1, 0.15) is 11.9 Å². The fourth-order valence-electron chi connectivity index (χ4n) is 3.49. The van der Waals surface area contributed by atoms with Crippen LogP contribution in [0.4, 0.5) is 0 Å². The summed E-state index contributed by atoms with van der Waals surface area (Å²) in [7, 11) is 1.35. The van der Waals surface area contributed by atoms with Crippen molar-refractivity contribution in [3.63, 3.8) is 0 Å². The molecule has 0 unspecified atom stereocenters. The summed E-state index contributed by atoms with van der Waals surface area (Å²) in [6, 6.07) is 14.6. The van der Waals surface area contributed by atoms with Gasteiger partial charge in [0.15, 0.2) is 0 Å². The number of aromatic nitrogens is 1. The van der Waals surface area contributed by atoms with Gasteiger partial charge in [-0.3, -0.25) is 9.78 Å². The third kappa shape index (κ3) is 5.23. The zero-order valence-electron chi connectivity index (χ0n) is 17.3. The molecular formula is C24H21ClN2O4S. The summed E-state index contributed by atoms with van der Waals surface area (Å²) < 4.78 is 10.9. The molecule has 4 rings (SSSR count). The molecule has 32 heavy (non-hydrogen) atoms. The van der Waals surface area contributed by atoms with Crippen molar-refractivity contribution < 1.29 is 19.1 Å². The van der Waals surface area contributed by atoms with Crippen molar-refractivity contribution in [3.05, 3.63) is 77.1 Å². The average molecular weight is 469 g/mol. The zero-order valence-corrected chi connectivity index (χ0v) is 18.9. The summed E-state index contributed by atoms with van der Waals surface area (Å²) in [5, 5.41) is 3.55. The minimum atomic E-state index is -0.387. The lowest BCUT2D eigenvalue weighted by Gasteiger charge is -2.14. The molecule has 0 bridgehead atoms. The Morgan fingerprint density at radius 3 is 2.66 bits per heavy atom. The highest BCUT2D eigenvalue weighted by atomic mass is 35.5. The van der Waals surface area contributed by atoms with E-state index in [0.717, 1.165) is 27.3 Å². The number of hydrogen-bond donors (Lipinski definition) is 1. The summed E-state index contributed by atoms with van der Waals surface area (Å²) in [6.07, 6.45) is 3.89. The number of carbonyl (C=O) groups is 2. The number of thioether (sulfide) groups is 1. The van der Waals surface area contributed by atoms with E-state index in [-0.39, 0.29) is 18.0 Å². The number of halogens is 1. The summed E-state index contributed by atoms with van der Waals surface area (Å²) in [4.78, 5) is 28.9. The molecule has 1 atom stereocenters. The number of methoxy groups -OCH3 is 1. The first-order chi connectivity index (χ1) is 15.5. The molecule has 1 aromatic heterocycles. The number of nitrogens with zero attached hydrogens (tertiary/aromatic N) is 1.